The smallest absolute Gasteiger partial charge is 0.264 e. The number of hydrogen-bond acceptors (Lipinski definition) is 5. The fraction of sp³-hybridized carbons (Fsp3) is 0.263. The maximum absolute atomic E-state index is 12.3. The van der Waals surface area contributed by atoms with Gasteiger partial charge >= 0.3 is 0 Å². The Hall–Kier alpha value is -3.02. The summed E-state index contributed by atoms with van der Waals surface area (Å²) in [7, 11) is 3.16. The van der Waals surface area contributed by atoms with E-state index in [4.69, 9.17) is 14.3 Å². The van der Waals surface area contributed by atoms with E-state index in [1.165, 1.54) is 0 Å². The second-order valence-electron chi connectivity index (χ2n) is 5.61. The molecule has 1 amide bonds. The Labute approximate surface area is 146 Å². The van der Waals surface area contributed by atoms with Gasteiger partial charge in [-0.05, 0) is 23.8 Å². The highest BCUT2D eigenvalue weighted by Gasteiger charge is 2.29. The van der Waals surface area contributed by atoms with Crippen LogP contribution in [0.5, 0.6) is 11.5 Å². The van der Waals surface area contributed by atoms with Gasteiger partial charge in [-0.2, -0.15) is 0 Å². The van der Waals surface area contributed by atoms with Crippen LogP contribution in [0.3, 0.4) is 0 Å². The van der Waals surface area contributed by atoms with E-state index in [1.54, 1.807) is 20.3 Å². The minimum atomic E-state index is -0.619. The van der Waals surface area contributed by atoms with Gasteiger partial charge in [0, 0.05) is 18.5 Å². The zero-order valence-corrected chi connectivity index (χ0v) is 14.2. The molecule has 0 saturated heterocycles. The van der Waals surface area contributed by atoms with Crippen LogP contribution in [0.2, 0.25) is 0 Å². The molecule has 1 N–H and O–H groups in total. The summed E-state index contributed by atoms with van der Waals surface area (Å²) in [6.45, 7) is 0.464. The number of oxime groups is 1. The zero-order valence-electron chi connectivity index (χ0n) is 14.2. The van der Waals surface area contributed by atoms with Crippen molar-refractivity contribution in [3.63, 3.8) is 0 Å². The van der Waals surface area contributed by atoms with Crippen molar-refractivity contribution < 1.29 is 19.1 Å². The van der Waals surface area contributed by atoms with E-state index in [-0.39, 0.29) is 5.91 Å². The van der Waals surface area contributed by atoms with Crippen molar-refractivity contribution in [2.75, 3.05) is 14.2 Å². The fourth-order valence-corrected chi connectivity index (χ4v) is 2.60. The summed E-state index contributed by atoms with van der Waals surface area (Å²) in [5.41, 5.74) is 2.59. The molecule has 0 aliphatic carbocycles. The second-order valence-corrected chi connectivity index (χ2v) is 5.61. The van der Waals surface area contributed by atoms with Crippen LogP contribution in [0, 0.1) is 0 Å². The van der Waals surface area contributed by atoms with Crippen LogP contribution in [0.25, 0.3) is 0 Å². The number of rotatable bonds is 6. The average molecular weight is 340 g/mol. The molecule has 0 spiro atoms. The lowest BCUT2D eigenvalue weighted by Gasteiger charge is -2.10. The third kappa shape index (κ3) is 3.91. The van der Waals surface area contributed by atoms with E-state index in [2.05, 4.69) is 10.5 Å². The number of carbonyl (C=O) groups is 1. The summed E-state index contributed by atoms with van der Waals surface area (Å²) < 4.78 is 10.5. The molecule has 25 heavy (non-hydrogen) atoms. The van der Waals surface area contributed by atoms with Crippen molar-refractivity contribution in [2.45, 2.75) is 19.1 Å². The average Bonchev–Trinajstić information content (AvgIpc) is 3.16. The molecule has 130 valence electrons. The monoisotopic (exact) mass is 340 g/mol. The number of ether oxygens (including phenoxy) is 2. The molecule has 0 fully saturated rings. The predicted molar refractivity (Wildman–Crippen MR) is 93.9 cm³/mol. The highest BCUT2D eigenvalue weighted by molar-refractivity contribution is 6.04. The summed E-state index contributed by atoms with van der Waals surface area (Å²) >= 11 is 0. The first-order valence-corrected chi connectivity index (χ1v) is 7.98. The van der Waals surface area contributed by atoms with E-state index in [9.17, 15) is 4.79 Å². The maximum atomic E-state index is 12.3. The van der Waals surface area contributed by atoms with Gasteiger partial charge in [-0.25, -0.2) is 0 Å². The minimum Gasteiger partial charge on any atom is -0.493 e. The first-order valence-electron chi connectivity index (χ1n) is 7.98. The molecule has 2 aromatic carbocycles. The number of methoxy groups -OCH3 is 2. The molecule has 0 radical (unpaired) electrons. The normalized spacial score (nSPS) is 15.9. The standard InChI is InChI=1S/C19H20N2O4/c1-23-16-9-8-14(10-17(16)24-2)15-11-18(25-21-15)19(22)20-12-13-6-4-3-5-7-13/h3-10,18H,11-12H2,1-2H3,(H,20,22)/t18-/m0/s1. The Morgan fingerprint density at radius 1 is 1.16 bits per heavy atom. The van der Waals surface area contributed by atoms with Gasteiger partial charge in [0.2, 0.25) is 6.10 Å². The zero-order chi connectivity index (χ0) is 17.6. The Morgan fingerprint density at radius 3 is 2.64 bits per heavy atom. The first-order chi connectivity index (χ1) is 12.2. The van der Waals surface area contributed by atoms with E-state index in [0.29, 0.717) is 30.2 Å². The van der Waals surface area contributed by atoms with Crippen LogP contribution in [-0.2, 0) is 16.2 Å². The Morgan fingerprint density at radius 2 is 1.92 bits per heavy atom. The molecule has 0 bridgehead atoms. The van der Waals surface area contributed by atoms with E-state index >= 15 is 0 Å². The predicted octanol–water partition coefficient (Wildman–Crippen LogP) is 2.51. The Bertz CT molecular complexity index is 774. The number of nitrogens with one attached hydrogen (secondary N) is 1. The number of amides is 1. The van der Waals surface area contributed by atoms with E-state index in [1.807, 2.05) is 42.5 Å². The third-order valence-corrected chi connectivity index (χ3v) is 3.99. The van der Waals surface area contributed by atoms with E-state index in [0.717, 1.165) is 11.1 Å². The molecular weight excluding hydrogens is 320 g/mol. The molecule has 1 atom stereocenters. The van der Waals surface area contributed by atoms with Crippen molar-refractivity contribution in [2.24, 2.45) is 5.16 Å². The van der Waals surface area contributed by atoms with Gasteiger partial charge in [0.05, 0.1) is 19.9 Å². The van der Waals surface area contributed by atoms with Crippen LogP contribution in [0.1, 0.15) is 17.5 Å². The van der Waals surface area contributed by atoms with Gasteiger partial charge in [0.15, 0.2) is 11.5 Å². The van der Waals surface area contributed by atoms with Gasteiger partial charge in [0.1, 0.15) is 0 Å². The number of hydrogen-bond donors (Lipinski definition) is 1. The van der Waals surface area contributed by atoms with Crippen molar-refractivity contribution >= 4 is 11.6 Å². The summed E-state index contributed by atoms with van der Waals surface area (Å²) in [6, 6.07) is 15.2. The van der Waals surface area contributed by atoms with E-state index < -0.39 is 6.10 Å². The molecule has 0 aromatic heterocycles. The molecule has 1 aliphatic heterocycles. The number of carbonyl (C=O) groups excluding carboxylic acids is 1. The lowest BCUT2D eigenvalue weighted by molar-refractivity contribution is -0.131. The molecule has 6 nitrogen and oxygen atoms in total. The summed E-state index contributed by atoms with van der Waals surface area (Å²) in [5, 5.41) is 6.93. The van der Waals surface area contributed by atoms with Gasteiger partial charge in [0.25, 0.3) is 5.91 Å². The maximum Gasteiger partial charge on any atom is 0.264 e. The van der Waals surface area contributed by atoms with Gasteiger partial charge in [-0.15, -0.1) is 0 Å². The SMILES string of the molecule is COc1ccc(C2=NO[C@H](C(=O)NCc3ccccc3)C2)cc1OC. The highest BCUT2D eigenvalue weighted by Crippen LogP contribution is 2.29. The third-order valence-electron chi connectivity index (χ3n) is 3.99. The van der Waals surface area contributed by atoms with Gasteiger partial charge < -0.3 is 19.6 Å². The molecular formula is C19H20N2O4. The lowest BCUT2D eigenvalue weighted by atomic mass is 10.0. The Kier molecular flexibility index (Phi) is 5.18. The summed E-state index contributed by atoms with van der Waals surface area (Å²) in [6.07, 6.45) is -0.206. The molecule has 2 aromatic rings. The van der Waals surface area contributed by atoms with Gasteiger partial charge in [-0.3, -0.25) is 4.79 Å². The van der Waals surface area contributed by atoms with Crippen molar-refractivity contribution in [1.82, 2.24) is 5.32 Å². The van der Waals surface area contributed by atoms with Crippen molar-refractivity contribution in [3.05, 3.63) is 59.7 Å². The molecule has 6 heteroatoms. The van der Waals surface area contributed by atoms with Crippen molar-refractivity contribution in [1.29, 1.82) is 0 Å². The largest absolute Gasteiger partial charge is 0.493 e. The molecule has 3 rings (SSSR count). The lowest BCUT2D eigenvalue weighted by Crippen LogP contribution is -2.34. The van der Waals surface area contributed by atoms with Crippen LogP contribution in [0.4, 0.5) is 0 Å². The highest BCUT2D eigenvalue weighted by atomic mass is 16.6. The van der Waals surface area contributed by atoms with Crippen LogP contribution in [-0.4, -0.2) is 31.9 Å². The quantitative estimate of drug-likeness (QED) is 0.877. The topological polar surface area (TPSA) is 69.2 Å². The Balaban J connectivity index is 1.60. The van der Waals surface area contributed by atoms with Crippen LogP contribution in [0.15, 0.2) is 53.7 Å². The summed E-state index contributed by atoms with van der Waals surface area (Å²) in [5.74, 6) is 1.07. The molecule has 1 aliphatic rings. The minimum absolute atomic E-state index is 0.178. The first kappa shape index (κ1) is 16.8. The second kappa shape index (κ2) is 7.70. The molecule has 0 saturated carbocycles. The van der Waals surface area contributed by atoms with Crippen molar-refractivity contribution in [3.8, 4) is 11.5 Å². The molecule has 1 heterocycles. The van der Waals surface area contributed by atoms with Crippen LogP contribution < -0.4 is 14.8 Å². The fourth-order valence-electron chi connectivity index (χ4n) is 2.60. The van der Waals surface area contributed by atoms with Gasteiger partial charge in [-0.1, -0.05) is 35.5 Å². The molecule has 0 unspecified atom stereocenters. The van der Waals surface area contributed by atoms with Crippen LogP contribution >= 0.6 is 0 Å². The number of nitrogens with zero attached hydrogens (tertiary/aromatic N) is 1. The summed E-state index contributed by atoms with van der Waals surface area (Å²) in [4.78, 5) is 17.6. The number of benzene rings is 2.